The molecule has 0 saturated heterocycles. The van der Waals surface area contributed by atoms with Gasteiger partial charge in [-0.1, -0.05) is 0 Å². The fourth-order valence-electron chi connectivity index (χ4n) is 0. The summed E-state index contributed by atoms with van der Waals surface area (Å²) in [6, 6.07) is 0. The normalized spacial score (nSPS) is 4.80. The van der Waals surface area contributed by atoms with E-state index in [9.17, 15) is 0 Å². The van der Waals surface area contributed by atoms with Crippen LogP contribution in [0.4, 0.5) is 9.59 Å². The first-order valence-corrected chi connectivity index (χ1v) is 1.24. The summed E-state index contributed by atoms with van der Waals surface area (Å²) < 4.78 is 0. The Morgan fingerprint density at radius 2 is 1.10 bits per heavy atom. The molecule has 0 aliphatic carbocycles. The summed E-state index contributed by atoms with van der Waals surface area (Å²) >= 11 is 0. The van der Waals surface area contributed by atoms with Crippen molar-refractivity contribution < 1.29 is 59.6 Å². The molecule has 0 aliphatic rings. The van der Waals surface area contributed by atoms with Gasteiger partial charge >= 0.3 is 78.4 Å². The van der Waals surface area contributed by atoms with Gasteiger partial charge in [0.1, 0.15) is 0 Å². The zero-order valence-electron chi connectivity index (χ0n) is 5.20. The molecule has 0 bridgehead atoms. The van der Waals surface area contributed by atoms with Crippen LogP contribution in [0.1, 0.15) is 0 Å². The Morgan fingerprint density at radius 3 is 1.10 bits per heavy atom. The van der Waals surface area contributed by atoms with E-state index in [1.165, 1.54) is 0 Å². The molecule has 0 unspecified atom stereocenters. The Hall–Kier alpha value is 1.11. The topological polar surface area (TPSA) is 124 Å². The minimum Gasteiger partial charge on any atom is -0.652 e. The molecule has 0 aromatic rings. The molecule has 48 valence electrons. The number of carbonyl (C=O) groups is 2. The summed E-state index contributed by atoms with van der Waals surface area (Å²) in [6.07, 6.45) is -4.42. The summed E-state index contributed by atoms with van der Waals surface area (Å²) in [7, 11) is 0. The van der Waals surface area contributed by atoms with E-state index in [-0.39, 0.29) is 78.4 Å². The van der Waals surface area contributed by atoms with E-state index in [1.807, 2.05) is 0 Å². The molecule has 0 rings (SSSR count). The molecule has 10 heavy (non-hydrogen) atoms. The molecule has 0 aliphatic heterocycles. The van der Waals surface area contributed by atoms with Crippen molar-refractivity contribution in [2.24, 2.45) is 0 Å². The van der Waals surface area contributed by atoms with E-state index in [0.29, 0.717) is 0 Å². The minimum absolute atomic E-state index is 0. The molecule has 0 amide bonds. The number of rotatable bonds is 0. The van der Waals surface area contributed by atoms with Gasteiger partial charge in [0, 0.05) is 0 Å². The van der Waals surface area contributed by atoms with Crippen LogP contribution in [-0.2, 0) is 0 Å². The van der Waals surface area contributed by atoms with Crippen LogP contribution in [0.25, 0.3) is 0 Å². The fraction of sp³-hybridized carbons (Fsp3) is 0. The van der Waals surface area contributed by atoms with E-state index in [0.717, 1.165) is 0 Å². The van der Waals surface area contributed by atoms with Crippen molar-refractivity contribution in [2.45, 2.75) is 0 Å². The van der Waals surface area contributed by atoms with Gasteiger partial charge in [-0.2, -0.15) is 0 Å². The van der Waals surface area contributed by atoms with Crippen molar-refractivity contribution in [2.75, 3.05) is 0 Å². The molecular formula is C2HBaNaO6. The third kappa shape index (κ3) is 485. The summed E-state index contributed by atoms with van der Waals surface area (Å²) in [4.78, 5) is 16.8. The first-order valence-electron chi connectivity index (χ1n) is 1.24. The van der Waals surface area contributed by atoms with Crippen LogP contribution in [0.5, 0.6) is 0 Å². The van der Waals surface area contributed by atoms with Gasteiger partial charge in [0.05, 0.1) is 0 Å². The van der Waals surface area contributed by atoms with Crippen molar-refractivity contribution in [3.63, 3.8) is 0 Å². The van der Waals surface area contributed by atoms with E-state index in [4.69, 9.17) is 30.0 Å². The quantitative estimate of drug-likeness (QED) is 0.440. The molecule has 0 spiro atoms. The SMILES string of the molecule is O=C([O-])O.O=C([O-])[O-].[Ba+2].[Na+]. The first kappa shape index (κ1) is 22.5. The zero-order chi connectivity index (χ0) is 7.15. The Labute approximate surface area is 119 Å². The molecule has 8 heteroatoms. The Bertz CT molecular complexity index is 73.7. The van der Waals surface area contributed by atoms with Gasteiger partial charge in [-0.05, 0) is 6.16 Å². The van der Waals surface area contributed by atoms with Gasteiger partial charge in [-0.15, -0.1) is 0 Å². The molecule has 0 saturated carbocycles. The van der Waals surface area contributed by atoms with Gasteiger partial charge < -0.3 is 30.0 Å². The summed E-state index contributed by atoms with van der Waals surface area (Å²) in [5.74, 6) is 0. The van der Waals surface area contributed by atoms with Crippen LogP contribution in [0.3, 0.4) is 0 Å². The zero-order valence-corrected chi connectivity index (χ0v) is 11.6. The molecule has 0 atom stereocenters. The molecule has 0 heterocycles. The number of carbonyl (C=O) groups excluding carboxylic acids is 1. The van der Waals surface area contributed by atoms with Gasteiger partial charge in [-0.25, -0.2) is 0 Å². The number of carboxylic acid groups (broad SMARTS) is 4. The van der Waals surface area contributed by atoms with E-state index < -0.39 is 12.3 Å². The van der Waals surface area contributed by atoms with Gasteiger partial charge in [0.2, 0.25) is 6.16 Å². The predicted octanol–water partition coefficient (Wildman–Crippen LogP) is -6.94. The second-order valence-corrected chi connectivity index (χ2v) is 0.516. The van der Waals surface area contributed by atoms with Crippen LogP contribution in [0.2, 0.25) is 0 Å². The Balaban J connectivity index is -0.0000000300. The standard InChI is InChI=1S/2CH2O3.Ba.Na/c2*2-1(3)4;;/h2*(H2,2,3,4);;/q;;+2;+1/p-3. The van der Waals surface area contributed by atoms with Crippen LogP contribution in [0.15, 0.2) is 0 Å². The fourth-order valence-corrected chi connectivity index (χ4v) is 0. The Kier molecular flexibility index (Phi) is 37.3. The second kappa shape index (κ2) is 16.6. The molecule has 1 N–H and O–H groups in total. The van der Waals surface area contributed by atoms with Gasteiger partial charge in [0.25, 0.3) is 0 Å². The van der Waals surface area contributed by atoms with Gasteiger partial charge in [-0.3, -0.25) is 0 Å². The number of hydrogen-bond donors (Lipinski definition) is 1. The Morgan fingerprint density at radius 1 is 1.10 bits per heavy atom. The van der Waals surface area contributed by atoms with Gasteiger partial charge in [0.15, 0.2) is 0 Å². The average Bonchev–Trinajstić information content (AvgIpc) is 1.25. The average molecular weight is 281 g/mol. The summed E-state index contributed by atoms with van der Waals surface area (Å²) in [5.41, 5.74) is 0. The summed E-state index contributed by atoms with van der Waals surface area (Å²) in [6.45, 7) is 0. The number of hydrogen-bond acceptors (Lipinski definition) is 5. The monoisotopic (exact) mass is 282 g/mol. The van der Waals surface area contributed by atoms with Crippen LogP contribution in [0, 0.1) is 0 Å². The smallest absolute Gasteiger partial charge is 0.652 e. The molecule has 0 aromatic carbocycles. The maximum absolute atomic E-state index is 8.44. The van der Waals surface area contributed by atoms with Crippen LogP contribution in [-0.4, -0.2) is 66.3 Å². The molecule has 0 fully saturated rings. The second-order valence-electron chi connectivity index (χ2n) is 0.516. The predicted molar refractivity (Wildman–Crippen MR) is 19.2 cm³/mol. The largest absolute Gasteiger partial charge is 2.00 e. The van der Waals surface area contributed by atoms with Crippen molar-refractivity contribution >= 4 is 61.2 Å². The summed E-state index contributed by atoms with van der Waals surface area (Å²) in [5, 5.41) is 32.0. The third-order valence-corrected chi connectivity index (χ3v) is 0. The van der Waals surface area contributed by atoms with Crippen molar-refractivity contribution in [1.82, 2.24) is 0 Å². The third-order valence-electron chi connectivity index (χ3n) is 0. The van der Waals surface area contributed by atoms with E-state index in [1.54, 1.807) is 0 Å². The molecular weight excluding hydrogens is 280 g/mol. The molecule has 6 nitrogen and oxygen atoms in total. The van der Waals surface area contributed by atoms with Crippen LogP contribution < -0.4 is 44.9 Å². The maximum atomic E-state index is 8.44. The molecule has 0 aromatic heterocycles. The first-order chi connectivity index (χ1) is 3.46. The van der Waals surface area contributed by atoms with E-state index in [2.05, 4.69) is 0 Å². The maximum Gasteiger partial charge on any atom is 2.00 e. The van der Waals surface area contributed by atoms with Crippen molar-refractivity contribution in [3.8, 4) is 0 Å². The van der Waals surface area contributed by atoms with E-state index >= 15 is 0 Å². The van der Waals surface area contributed by atoms with Crippen LogP contribution >= 0.6 is 0 Å². The van der Waals surface area contributed by atoms with Crippen molar-refractivity contribution in [1.29, 1.82) is 0 Å². The van der Waals surface area contributed by atoms with Crippen molar-refractivity contribution in [3.05, 3.63) is 0 Å². The minimum atomic E-state index is -2.33. The molecule has 0 radical (unpaired) electrons.